The summed E-state index contributed by atoms with van der Waals surface area (Å²) in [5, 5.41) is 3.26. The maximum absolute atomic E-state index is 12.2. The predicted octanol–water partition coefficient (Wildman–Crippen LogP) is 1.87. The zero-order chi connectivity index (χ0) is 15.3. The summed E-state index contributed by atoms with van der Waals surface area (Å²) in [7, 11) is -3.57. The number of sulfonamides is 1. The Hall–Kier alpha value is -0.890. The number of nitrogens with one attached hydrogen (secondary N) is 2. The van der Waals surface area contributed by atoms with Crippen LogP contribution >= 0.6 is 11.6 Å². The molecule has 0 radical (unpaired) electrons. The van der Waals surface area contributed by atoms with Gasteiger partial charge in [0.05, 0.1) is 5.02 Å². The van der Waals surface area contributed by atoms with E-state index in [9.17, 15) is 8.42 Å². The lowest BCUT2D eigenvalue weighted by Crippen LogP contribution is -2.26. The Morgan fingerprint density at radius 3 is 2.95 bits per heavy atom. The highest BCUT2D eigenvalue weighted by Crippen LogP contribution is 2.22. The first-order chi connectivity index (χ1) is 10.0. The van der Waals surface area contributed by atoms with E-state index in [0.29, 0.717) is 36.5 Å². The molecule has 1 aromatic rings. The van der Waals surface area contributed by atoms with Crippen molar-refractivity contribution < 1.29 is 13.2 Å². The second kappa shape index (κ2) is 7.40. The van der Waals surface area contributed by atoms with E-state index < -0.39 is 10.0 Å². The van der Waals surface area contributed by atoms with E-state index in [0.717, 1.165) is 19.4 Å². The Labute approximate surface area is 130 Å². The maximum atomic E-state index is 12.2. The van der Waals surface area contributed by atoms with Crippen LogP contribution in [0.2, 0.25) is 5.02 Å². The van der Waals surface area contributed by atoms with Crippen molar-refractivity contribution in [1.82, 2.24) is 9.71 Å². The second-order valence-corrected chi connectivity index (χ2v) is 7.12. The summed E-state index contributed by atoms with van der Waals surface area (Å²) in [4.78, 5) is 4.12. The quantitative estimate of drug-likeness (QED) is 0.796. The third-order valence-electron chi connectivity index (χ3n) is 3.34. The average Bonchev–Trinajstić information content (AvgIpc) is 2.94. The van der Waals surface area contributed by atoms with Crippen LogP contribution in [0.5, 0.6) is 0 Å². The van der Waals surface area contributed by atoms with Crippen LogP contribution in [0.1, 0.15) is 19.8 Å². The van der Waals surface area contributed by atoms with Crippen molar-refractivity contribution in [3.63, 3.8) is 0 Å². The first kappa shape index (κ1) is 16.5. The first-order valence-corrected chi connectivity index (χ1v) is 8.86. The van der Waals surface area contributed by atoms with Crippen LogP contribution < -0.4 is 10.0 Å². The van der Waals surface area contributed by atoms with E-state index in [1.807, 2.05) is 6.92 Å². The summed E-state index contributed by atoms with van der Waals surface area (Å²) >= 11 is 6.02. The molecule has 0 amide bonds. The van der Waals surface area contributed by atoms with Gasteiger partial charge in [-0.3, -0.25) is 0 Å². The van der Waals surface area contributed by atoms with Crippen LogP contribution in [0.3, 0.4) is 0 Å². The van der Waals surface area contributed by atoms with Gasteiger partial charge in [0.2, 0.25) is 10.0 Å². The third kappa shape index (κ3) is 4.54. The molecule has 1 atom stereocenters. The van der Waals surface area contributed by atoms with Gasteiger partial charge >= 0.3 is 0 Å². The zero-order valence-corrected chi connectivity index (χ0v) is 13.5. The van der Waals surface area contributed by atoms with Gasteiger partial charge in [0, 0.05) is 32.5 Å². The third-order valence-corrected chi connectivity index (χ3v) is 5.06. The van der Waals surface area contributed by atoms with E-state index in [4.69, 9.17) is 16.3 Å². The van der Waals surface area contributed by atoms with Crippen LogP contribution in [-0.4, -0.2) is 39.7 Å². The number of nitrogens with zero attached hydrogens (tertiary/aromatic N) is 1. The number of hydrogen-bond acceptors (Lipinski definition) is 5. The molecule has 1 aliphatic rings. The van der Waals surface area contributed by atoms with Gasteiger partial charge in [0.1, 0.15) is 10.7 Å². The number of anilines is 1. The monoisotopic (exact) mass is 333 g/mol. The molecule has 1 aliphatic heterocycles. The molecule has 1 aromatic heterocycles. The minimum atomic E-state index is -3.57. The molecule has 8 heteroatoms. The van der Waals surface area contributed by atoms with Gasteiger partial charge in [0.15, 0.2) is 0 Å². The lowest BCUT2D eigenvalue weighted by molar-refractivity contribution is 0.184. The molecule has 1 saturated heterocycles. The van der Waals surface area contributed by atoms with E-state index in [-0.39, 0.29) is 4.90 Å². The summed E-state index contributed by atoms with van der Waals surface area (Å²) in [5.41, 5.74) is 0. The largest absolute Gasteiger partial charge is 0.381 e. The van der Waals surface area contributed by atoms with E-state index in [2.05, 4.69) is 15.0 Å². The van der Waals surface area contributed by atoms with Gasteiger partial charge in [-0.05, 0) is 31.7 Å². The van der Waals surface area contributed by atoms with Crippen molar-refractivity contribution in [3.8, 4) is 0 Å². The van der Waals surface area contributed by atoms with Gasteiger partial charge in [-0.2, -0.15) is 0 Å². The van der Waals surface area contributed by atoms with Crippen molar-refractivity contribution in [1.29, 1.82) is 0 Å². The van der Waals surface area contributed by atoms with Crippen molar-refractivity contribution >= 4 is 27.4 Å². The minimum absolute atomic E-state index is 0.0804. The van der Waals surface area contributed by atoms with Crippen LogP contribution in [-0.2, 0) is 14.8 Å². The molecule has 0 bridgehead atoms. The Morgan fingerprint density at radius 2 is 2.33 bits per heavy atom. The first-order valence-electron chi connectivity index (χ1n) is 6.99. The summed E-state index contributed by atoms with van der Waals surface area (Å²) in [5.74, 6) is 0.923. The molecule has 0 aromatic carbocycles. The predicted molar refractivity (Wildman–Crippen MR) is 82.1 cm³/mol. The zero-order valence-electron chi connectivity index (χ0n) is 11.9. The van der Waals surface area contributed by atoms with Gasteiger partial charge < -0.3 is 10.1 Å². The minimum Gasteiger partial charge on any atom is -0.381 e. The Bertz CT molecular complexity index is 574. The Kier molecular flexibility index (Phi) is 5.80. The highest BCUT2D eigenvalue weighted by molar-refractivity contribution is 7.89. The maximum Gasteiger partial charge on any atom is 0.242 e. The molecule has 1 fully saturated rings. The van der Waals surface area contributed by atoms with E-state index in [1.165, 1.54) is 12.3 Å². The van der Waals surface area contributed by atoms with E-state index in [1.54, 1.807) is 0 Å². The van der Waals surface area contributed by atoms with Crippen LogP contribution in [0, 0.1) is 5.92 Å². The molecule has 0 saturated carbocycles. The molecule has 0 spiro atoms. The molecule has 2 rings (SSSR count). The van der Waals surface area contributed by atoms with Crippen LogP contribution in [0.15, 0.2) is 17.2 Å². The van der Waals surface area contributed by atoms with Crippen molar-refractivity contribution in [3.05, 3.63) is 17.3 Å². The Balaban J connectivity index is 1.96. The highest BCUT2D eigenvalue weighted by atomic mass is 35.5. The number of rotatable bonds is 7. The number of ether oxygens (including phenoxy) is 1. The lowest BCUT2D eigenvalue weighted by atomic mass is 10.1. The summed E-state index contributed by atoms with van der Waals surface area (Å²) in [6.45, 7) is 4.45. The Morgan fingerprint density at radius 1 is 1.52 bits per heavy atom. The highest BCUT2D eigenvalue weighted by Gasteiger charge is 2.19. The fourth-order valence-corrected chi connectivity index (χ4v) is 3.47. The molecule has 0 aliphatic carbocycles. The fraction of sp³-hybridized carbons (Fsp3) is 0.615. The molecule has 1 unspecified atom stereocenters. The molecule has 6 nitrogen and oxygen atoms in total. The molecule has 118 valence electrons. The molecule has 2 heterocycles. The average molecular weight is 334 g/mol. The normalized spacial score (nSPS) is 18.9. The van der Waals surface area contributed by atoms with Crippen molar-refractivity contribution in [2.24, 2.45) is 5.92 Å². The molecule has 2 N–H and O–H groups in total. The number of halogens is 1. The number of pyridine rings is 1. The topological polar surface area (TPSA) is 80.3 Å². The molecule has 21 heavy (non-hydrogen) atoms. The van der Waals surface area contributed by atoms with Gasteiger partial charge in [-0.15, -0.1) is 0 Å². The summed E-state index contributed by atoms with van der Waals surface area (Å²) < 4.78 is 32.2. The summed E-state index contributed by atoms with van der Waals surface area (Å²) in [6, 6.07) is 1.41. The van der Waals surface area contributed by atoms with Crippen LogP contribution in [0.4, 0.5) is 5.82 Å². The number of hydrogen-bond donors (Lipinski definition) is 2. The van der Waals surface area contributed by atoms with Crippen molar-refractivity contribution in [2.75, 3.05) is 31.6 Å². The van der Waals surface area contributed by atoms with Crippen molar-refractivity contribution in [2.45, 2.75) is 24.7 Å². The molecular weight excluding hydrogens is 314 g/mol. The van der Waals surface area contributed by atoms with E-state index >= 15 is 0 Å². The summed E-state index contributed by atoms with van der Waals surface area (Å²) in [6.07, 6.45) is 3.08. The van der Waals surface area contributed by atoms with Gasteiger partial charge in [0.25, 0.3) is 0 Å². The van der Waals surface area contributed by atoms with Crippen LogP contribution in [0.25, 0.3) is 0 Å². The molecular formula is C13H20ClN3O3S. The number of aromatic nitrogens is 1. The standard InChI is InChI=1S/C13H20ClN3O3S/c1-2-15-13-12(14)7-11(8-16-13)21(18,19)17-5-3-10-4-6-20-9-10/h7-8,10,17H,2-6,9H2,1H3,(H,15,16). The second-order valence-electron chi connectivity index (χ2n) is 4.95. The van der Waals surface area contributed by atoms with Gasteiger partial charge in [-0.25, -0.2) is 18.1 Å². The SMILES string of the molecule is CCNc1ncc(S(=O)(=O)NCCC2CCOC2)cc1Cl. The smallest absolute Gasteiger partial charge is 0.242 e. The van der Waals surface area contributed by atoms with Gasteiger partial charge in [-0.1, -0.05) is 11.6 Å². The lowest BCUT2D eigenvalue weighted by Gasteiger charge is -2.11. The fourth-order valence-electron chi connectivity index (χ4n) is 2.16.